The van der Waals surface area contributed by atoms with Crippen LogP contribution in [0.5, 0.6) is 0 Å². The number of benzene rings is 1. The van der Waals surface area contributed by atoms with Gasteiger partial charge in [0, 0.05) is 0 Å². The summed E-state index contributed by atoms with van der Waals surface area (Å²) in [5.41, 5.74) is 0.380. The predicted molar refractivity (Wildman–Crippen MR) is 77.2 cm³/mol. The molecule has 0 atom stereocenters. The summed E-state index contributed by atoms with van der Waals surface area (Å²) >= 11 is 0.996. The largest absolute Gasteiger partial charge is 0.462 e. The Balaban J connectivity index is 2.17. The van der Waals surface area contributed by atoms with Crippen LogP contribution < -0.4 is 5.32 Å². The Kier molecular flexibility index (Phi) is 4.64. The molecule has 0 saturated heterocycles. The van der Waals surface area contributed by atoms with Crippen molar-refractivity contribution in [2.24, 2.45) is 0 Å². The first-order valence-electron chi connectivity index (χ1n) is 6.23. The highest BCUT2D eigenvalue weighted by atomic mass is 32.1. The van der Waals surface area contributed by atoms with Crippen molar-refractivity contribution in [3.8, 4) is 0 Å². The molecular formula is C14H13FN2O3S. The molecule has 0 radical (unpaired) electrons. The minimum absolute atomic E-state index is 0.0805. The Hall–Kier alpha value is -2.28. The van der Waals surface area contributed by atoms with E-state index in [0.717, 1.165) is 11.3 Å². The lowest BCUT2D eigenvalue weighted by molar-refractivity contribution is 0.0531. The predicted octanol–water partition coefficient (Wildman–Crippen LogP) is 3.02. The first kappa shape index (κ1) is 15.1. The van der Waals surface area contributed by atoms with E-state index < -0.39 is 17.7 Å². The maximum atomic E-state index is 13.5. The summed E-state index contributed by atoms with van der Waals surface area (Å²) in [5.74, 6) is -1.72. The molecule has 1 N–H and O–H groups in total. The number of esters is 1. The van der Waals surface area contributed by atoms with E-state index in [1.165, 1.54) is 18.2 Å². The molecule has 0 aliphatic heterocycles. The normalized spacial score (nSPS) is 10.2. The average molecular weight is 308 g/mol. The molecule has 0 fully saturated rings. The van der Waals surface area contributed by atoms with Gasteiger partial charge in [0.15, 0.2) is 5.13 Å². The van der Waals surface area contributed by atoms with Gasteiger partial charge in [0.2, 0.25) is 0 Å². The standard InChI is InChI=1S/C14H13FN2O3S/c1-3-20-13(19)11-8(2)16-14(21-11)17-12(18)9-6-4-5-7-10(9)15/h4-7H,3H2,1-2H3,(H,16,17,18). The van der Waals surface area contributed by atoms with Crippen molar-refractivity contribution in [3.05, 3.63) is 46.2 Å². The lowest BCUT2D eigenvalue weighted by atomic mass is 10.2. The van der Waals surface area contributed by atoms with Crippen molar-refractivity contribution in [1.29, 1.82) is 0 Å². The van der Waals surface area contributed by atoms with Gasteiger partial charge in [0.1, 0.15) is 10.7 Å². The lowest BCUT2D eigenvalue weighted by Crippen LogP contribution is -2.13. The fourth-order valence-corrected chi connectivity index (χ4v) is 2.50. The van der Waals surface area contributed by atoms with Gasteiger partial charge in [-0.05, 0) is 26.0 Å². The molecule has 0 bridgehead atoms. The third-order valence-electron chi connectivity index (χ3n) is 2.60. The zero-order valence-electron chi connectivity index (χ0n) is 11.5. The van der Waals surface area contributed by atoms with E-state index >= 15 is 0 Å². The van der Waals surface area contributed by atoms with Crippen LogP contribution in [0.3, 0.4) is 0 Å². The molecule has 1 aromatic heterocycles. The number of thiazole rings is 1. The van der Waals surface area contributed by atoms with Crippen LogP contribution in [0.15, 0.2) is 24.3 Å². The summed E-state index contributed by atoms with van der Waals surface area (Å²) in [7, 11) is 0. The second kappa shape index (κ2) is 6.45. The number of rotatable bonds is 4. The van der Waals surface area contributed by atoms with Crippen LogP contribution in [0.2, 0.25) is 0 Å². The number of carbonyl (C=O) groups is 2. The van der Waals surface area contributed by atoms with Crippen LogP contribution in [0.25, 0.3) is 0 Å². The van der Waals surface area contributed by atoms with Crippen molar-refractivity contribution >= 4 is 28.3 Å². The molecule has 0 unspecified atom stereocenters. The van der Waals surface area contributed by atoms with E-state index in [1.807, 2.05) is 0 Å². The van der Waals surface area contributed by atoms with E-state index in [1.54, 1.807) is 19.9 Å². The van der Waals surface area contributed by atoms with Crippen molar-refractivity contribution in [1.82, 2.24) is 4.98 Å². The number of amides is 1. The maximum Gasteiger partial charge on any atom is 0.350 e. The average Bonchev–Trinajstić information content (AvgIpc) is 2.80. The van der Waals surface area contributed by atoms with Gasteiger partial charge >= 0.3 is 5.97 Å². The molecule has 1 amide bonds. The molecule has 1 heterocycles. The van der Waals surface area contributed by atoms with Gasteiger partial charge in [0.05, 0.1) is 17.9 Å². The number of carbonyl (C=O) groups excluding carboxylic acids is 2. The van der Waals surface area contributed by atoms with Gasteiger partial charge < -0.3 is 4.74 Å². The molecule has 0 spiro atoms. The minimum atomic E-state index is -0.617. The maximum absolute atomic E-state index is 13.5. The van der Waals surface area contributed by atoms with Gasteiger partial charge in [-0.25, -0.2) is 14.2 Å². The summed E-state index contributed by atoms with van der Waals surface area (Å²) in [6.07, 6.45) is 0. The first-order valence-corrected chi connectivity index (χ1v) is 7.05. The zero-order valence-corrected chi connectivity index (χ0v) is 12.3. The number of nitrogens with zero attached hydrogens (tertiary/aromatic N) is 1. The number of aromatic nitrogens is 1. The molecule has 0 aliphatic carbocycles. The topological polar surface area (TPSA) is 68.3 Å². The van der Waals surface area contributed by atoms with Crippen molar-refractivity contribution < 1.29 is 18.7 Å². The molecule has 5 nitrogen and oxygen atoms in total. The Morgan fingerprint density at radius 1 is 1.38 bits per heavy atom. The number of nitrogens with one attached hydrogen (secondary N) is 1. The molecule has 2 rings (SSSR count). The monoisotopic (exact) mass is 308 g/mol. The van der Waals surface area contributed by atoms with Crippen molar-refractivity contribution in [2.45, 2.75) is 13.8 Å². The van der Waals surface area contributed by atoms with Crippen LogP contribution in [0.4, 0.5) is 9.52 Å². The van der Waals surface area contributed by atoms with Crippen LogP contribution >= 0.6 is 11.3 Å². The number of hydrogen-bond donors (Lipinski definition) is 1. The Morgan fingerprint density at radius 2 is 2.10 bits per heavy atom. The lowest BCUT2D eigenvalue weighted by Gasteiger charge is -2.02. The Morgan fingerprint density at radius 3 is 2.76 bits per heavy atom. The second-order valence-corrected chi connectivity index (χ2v) is 5.09. The van der Waals surface area contributed by atoms with Gasteiger partial charge in [-0.2, -0.15) is 0 Å². The van der Waals surface area contributed by atoms with E-state index in [2.05, 4.69) is 10.3 Å². The van der Waals surface area contributed by atoms with Crippen LogP contribution in [0.1, 0.15) is 32.6 Å². The number of ether oxygens (including phenoxy) is 1. The molecule has 21 heavy (non-hydrogen) atoms. The smallest absolute Gasteiger partial charge is 0.350 e. The van der Waals surface area contributed by atoms with Crippen molar-refractivity contribution in [3.63, 3.8) is 0 Å². The number of aryl methyl sites for hydroxylation is 1. The zero-order chi connectivity index (χ0) is 15.4. The molecule has 2 aromatic rings. The third-order valence-corrected chi connectivity index (χ3v) is 3.65. The van der Waals surface area contributed by atoms with Crippen LogP contribution in [0, 0.1) is 12.7 Å². The molecule has 110 valence electrons. The summed E-state index contributed by atoms with van der Waals surface area (Å²) in [4.78, 5) is 28.0. The third kappa shape index (κ3) is 3.43. The highest BCUT2D eigenvalue weighted by Crippen LogP contribution is 2.24. The fraction of sp³-hybridized carbons (Fsp3) is 0.214. The van der Waals surface area contributed by atoms with Gasteiger partial charge in [-0.1, -0.05) is 23.5 Å². The summed E-state index contributed by atoms with van der Waals surface area (Å²) in [6, 6.07) is 5.64. The molecule has 1 aromatic carbocycles. The van der Waals surface area contributed by atoms with Crippen molar-refractivity contribution in [2.75, 3.05) is 11.9 Å². The second-order valence-electron chi connectivity index (χ2n) is 4.09. The Labute approximate surface area is 124 Å². The van der Waals surface area contributed by atoms with E-state index in [9.17, 15) is 14.0 Å². The summed E-state index contributed by atoms with van der Waals surface area (Å²) < 4.78 is 18.4. The number of hydrogen-bond acceptors (Lipinski definition) is 5. The van der Waals surface area contributed by atoms with E-state index in [-0.39, 0.29) is 17.3 Å². The summed E-state index contributed by atoms with van der Waals surface area (Å²) in [5, 5.41) is 2.70. The van der Waals surface area contributed by atoms with E-state index in [0.29, 0.717) is 10.6 Å². The first-order chi connectivity index (χ1) is 10.0. The molecule has 0 aliphatic rings. The fourth-order valence-electron chi connectivity index (χ4n) is 1.65. The minimum Gasteiger partial charge on any atom is -0.462 e. The molecule has 7 heteroatoms. The SMILES string of the molecule is CCOC(=O)c1sc(NC(=O)c2ccccc2F)nc1C. The molecular weight excluding hydrogens is 295 g/mol. The van der Waals surface area contributed by atoms with Crippen LogP contribution in [-0.4, -0.2) is 23.5 Å². The number of halogens is 1. The van der Waals surface area contributed by atoms with Gasteiger partial charge in [0.25, 0.3) is 5.91 Å². The van der Waals surface area contributed by atoms with E-state index in [4.69, 9.17) is 4.74 Å². The van der Waals surface area contributed by atoms with Gasteiger partial charge in [-0.15, -0.1) is 0 Å². The highest BCUT2D eigenvalue weighted by Gasteiger charge is 2.18. The quantitative estimate of drug-likeness (QED) is 0.882. The van der Waals surface area contributed by atoms with Gasteiger partial charge in [-0.3, -0.25) is 10.1 Å². The summed E-state index contributed by atoms with van der Waals surface area (Å²) in [6.45, 7) is 3.60. The van der Waals surface area contributed by atoms with Crippen LogP contribution in [-0.2, 0) is 4.74 Å². The highest BCUT2D eigenvalue weighted by molar-refractivity contribution is 7.17. The number of anilines is 1. The Bertz CT molecular complexity index is 685. The molecule has 0 saturated carbocycles.